The summed E-state index contributed by atoms with van der Waals surface area (Å²) in [4.78, 5) is 12.1. The number of rotatable bonds is 9. The molecule has 0 fully saturated rings. The van der Waals surface area contributed by atoms with Gasteiger partial charge in [0, 0.05) is 5.02 Å². The van der Waals surface area contributed by atoms with Gasteiger partial charge in [-0.2, -0.15) is 4.72 Å². The quantitative estimate of drug-likeness (QED) is 0.466. The predicted molar refractivity (Wildman–Crippen MR) is 100 cm³/mol. The molecule has 0 heterocycles. The van der Waals surface area contributed by atoms with E-state index in [2.05, 4.69) is 4.72 Å². The summed E-state index contributed by atoms with van der Waals surface area (Å²) in [7, 11) is -4.08. The lowest BCUT2D eigenvalue weighted by molar-refractivity contribution is -0.149. The van der Waals surface area contributed by atoms with Gasteiger partial charge in [-0.3, -0.25) is 4.79 Å². The van der Waals surface area contributed by atoms with Crippen molar-refractivity contribution in [2.45, 2.75) is 24.0 Å². The Hall–Kier alpha value is -2.20. The van der Waals surface area contributed by atoms with Crippen LogP contribution in [0.25, 0.3) is 0 Å². The van der Waals surface area contributed by atoms with Crippen LogP contribution in [0.4, 0.5) is 4.39 Å². The molecule has 0 aliphatic rings. The van der Waals surface area contributed by atoms with Crippen LogP contribution in [-0.4, -0.2) is 44.9 Å². The standard InChI is InChI=1S/C18H19ClFNO6S/c1-12(22)17(21-28(24,25)16-8-2-13(19)3-9-16)18(23)27-11-10-26-15-6-4-14(20)5-7-15/h2-9,12,17,21-22H,10-11H2,1H3/t12-,17+/m0/s1. The minimum atomic E-state index is -4.08. The molecule has 7 nitrogen and oxygen atoms in total. The largest absolute Gasteiger partial charge is 0.490 e. The Bertz CT molecular complexity index is 887. The Morgan fingerprint density at radius 2 is 1.75 bits per heavy atom. The highest BCUT2D eigenvalue weighted by Crippen LogP contribution is 2.15. The van der Waals surface area contributed by atoms with Gasteiger partial charge in [0.25, 0.3) is 0 Å². The fraction of sp³-hybridized carbons (Fsp3) is 0.278. The highest BCUT2D eigenvalue weighted by molar-refractivity contribution is 7.89. The molecule has 0 saturated carbocycles. The van der Waals surface area contributed by atoms with Crippen LogP contribution in [0, 0.1) is 5.82 Å². The van der Waals surface area contributed by atoms with Gasteiger partial charge in [-0.15, -0.1) is 0 Å². The number of esters is 1. The molecule has 28 heavy (non-hydrogen) atoms. The fourth-order valence-corrected chi connectivity index (χ4v) is 3.50. The van der Waals surface area contributed by atoms with E-state index in [1.165, 1.54) is 55.5 Å². The zero-order chi connectivity index (χ0) is 20.7. The Morgan fingerprint density at radius 3 is 2.32 bits per heavy atom. The van der Waals surface area contributed by atoms with Gasteiger partial charge < -0.3 is 14.6 Å². The summed E-state index contributed by atoms with van der Waals surface area (Å²) in [6.45, 7) is 1.03. The average molecular weight is 432 g/mol. The first-order valence-electron chi connectivity index (χ1n) is 8.20. The van der Waals surface area contributed by atoms with Crippen molar-refractivity contribution in [2.75, 3.05) is 13.2 Å². The molecule has 0 aliphatic heterocycles. The third kappa shape index (κ3) is 6.45. The number of hydrogen-bond acceptors (Lipinski definition) is 6. The third-order valence-electron chi connectivity index (χ3n) is 3.55. The van der Waals surface area contributed by atoms with Gasteiger partial charge >= 0.3 is 5.97 Å². The Labute approximate surface area is 167 Å². The minimum Gasteiger partial charge on any atom is -0.490 e. The number of aliphatic hydroxyl groups excluding tert-OH is 1. The molecule has 0 radical (unpaired) electrons. The second kappa shape index (κ2) is 9.83. The maximum atomic E-state index is 12.8. The SMILES string of the molecule is C[C@H](O)[C@@H](NS(=O)(=O)c1ccc(Cl)cc1)C(=O)OCCOc1ccc(F)cc1. The number of nitrogens with one attached hydrogen (secondary N) is 1. The average Bonchev–Trinajstić information content (AvgIpc) is 2.64. The van der Waals surface area contributed by atoms with E-state index in [0.29, 0.717) is 10.8 Å². The van der Waals surface area contributed by atoms with E-state index in [0.717, 1.165) is 0 Å². The number of halogens is 2. The fourth-order valence-electron chi connectivity index (χ4n) is 2.11. The molecule has 2 aromatic rings. The van der Waals surface area contributed by atoms with Crippen LogP contribution in [0.1, 0.15) is 6.92 Å². The van der Waals surface area contributed by atoms with Crippen molar-refractivity contribution in [1.29, 1.82) is 0 Å². The van der Waals surface area contributed by atoms with Crippen LogP contribution >= 0.6 is 11.6 Å². The lowest BCUT2D eigenvalue weighted by Gasteiger charge is -2.20. The molecule has 0 bridgehead atoms. The smallest absolute Gasteiger partial charge is 0.326 e. The van der Waals surface area contributed by atoms with E-state index in [9.17, 15) is 22.7 Å². The van der Waals surface area contributed by atoms with Gasteiger partial charge in [0.15, 0.2) is 0 Å². The number of hydrogen-bond donors (Lipinski definition) is 2. The van der Waals surface area contributed by atoms with E-state index in [1.54, 1.807) is 0 Å². The van der Waals surface area contributed by atoms with E-state index in [4.69, 9.17) is 21.1 Å². The molecule has 2 N–H and O–H groups in total. The van der Waals surface area contributed by atoms with Crippen LogP contribution in [0.5, 0.6) is 5.75 Å². The molecule has 10 heteroatoms. The summed E-state index contributed by atoms with van der Waals surface area (Å²) in [6, 6.07) is 9.07. The molecular formula is C18H19ClFNO6S. The van der Waals surface area contributed by atoms with Gasteiger partial charge in [-0.25, -0.2) is 12.8 Å². The molecule has 2 atom stereocenters. The van der Waals surface area contributed by atoms with Gasteiger partial charge in [0.1, 0.15) is 30.8 Å². The molecule has 2 rings (SSSR count). The lowest BCUT2D eigenvalue weighted by atomic mass is 10.2. The van der Waals surface area contributed by atoms with E-state index in [1.807, 2.05) is 0 Å². The normalized spacial score (nSPS) is 13.6. The molecule has 0 spiro atoms. The molecule has 0 aliphatic carbocycles. The van der Waals surface area contributed by atoms with Crippen molar-refractivity contribution in [1.82, 2.24) is 4.72 Å². The van der Waals surface area contributed by atoms with E-state index in [-0.39, 0.29) is 18.1 Å². The first-order valence-corrected chi connectivity index (χ1v) is 10.1. The van der Waals surface area contributed by atoms with E-state index >= 15 is 0 Å². The molecule has 0 unspecified atom stereocenters. The first-order chi connectivity index (χ1) is 13.2. The summed E-state index contributed by atoms with van der Waals surface area (Å²) >= 11 is 5.73. The highest BCUT2D eigenvalue weighted by atomic mass is 35.5. The summed E-state index contributed by atoms with van der Waals surface area (Å²) in [6.07, 6.45) is -1.34. The van der Waals surface area contributed by atoms with Crippen molar-refractivity contribution >= 4 is 27.6 Å². The van der Waals surface area contributed by atoms with Crippen LogP contribution < -0.4 is 9.46 Å². The van der Waals surface area contributed by atoms with Crippen molar-refractivity contribution in [2.24, 2.45) is 0 Å². The lowest BCUT2D eigenvalue weighted by Crippen LogP contribution is -2.48. The minimum absolute atomic E-state index is 0.0339. The molecule has 2 aromatic carbocycles. The number of carbonyl (C=O) groups is 1. The summed E-state index contributed by atoms with van der Waals surface area (Å²) in [5, 5.41) is 10.1. The summed E-state index contributed by atoms with van der Waals surface area (Å²) in [5.74, 6) is -0.991. The zero-order valence-electron chi connectivity index (χ0n) is 14.8. The number of ether oxygens (including phenoxy) is 2. The van der Waals surface area contributed by atoms with Gasteiger partial charge in [-0.1, -0.05) is 11.6 Å². The maximum Gasteiger partial charge on any atom is 0.326 e. The Morgan fingerprint density at radius 1 is 1.14 bits per heavy atom. The second-order valence-corrected chi connectivity index (χ2v) is 7.91. The molecule has 0 aromatic heterocycles. The number of carbonyl (C=O) groups excluding carboxylic acids is 1. The monoisotopic (exact) mass is 431 g/mol. The number of aliphatic hydroxyl groups is 1. The van der Waals surface area contributed by atoms with Crippen LogP contribution in [0.15, 0.2) is 53.4 Å². The number of benzene rings is 2. The summed E-state index contributed by atoms with van der Waals surface area (Å²) in [5.41, 5.74) is 0. The van der Waals surface area contributed by atoms with Crippen LogP contribution in [0.3, 0.4) is 0 Å². The zero-order valence-corrected chi connectivity index (χ0v) is 16.4. The number of sulfonamides is 1. The van der Waals surface area contributed by atoms with E-state index < -0.39 is 34.0 Å². The van der Waals surface area contributed by atoms with Gasteiger partial charge in [-0.05, 0) is 55.5 Å². The van der Waals surface area contributed by atoms with Crippen LogP contribution in [-0.2, 0) is 19.6 Å². The molecular weight excluding hydrogens is 413 g/mol. The van der Waals surface area contributed by atoms with Gasteiger partial charge in [0.2, 0.25) is 10.0 Å². The maximum absolute atomic E-state index is 12.8. The summed E-state index contributed by atoms with van der Waals surface area (Å²) < 4.78 is 49.9. The van der Waals surface area contributed by atoms with Crippen molar-refractivity contribution in [3.8, 4) is 5.75 Å². The van der Waals surface area contributed by atoms with Crippen molar-refractivity contribution < 1.29 is 32.2 Å². The first kappa shape index (κ1) is 22.1. The van der Waals surface area contributed by atoms with Crippen molar-refractivity contribution in [3.05, 3.63) is 59.4 Å². The molecule has 0 saturated heterocycles. The Kier molecular flexibility index (Phi) is 7.76. The molecule has 152 valence electrons. The van der Waals surface area contributed by atoms with Crippen molar-refractivity contribution in [3.63, 3.8) is 0 Å². The molecule has 0 amide bonds. The third-order valence-corrected chi connectivity index (χ3v) is 5.26. The van der Waals surface area contributed by atoms with Gasteiger partial charge in [0.05, 0.1) is 11.0 Å². The second-order valence-electron chi connectivity index (χ2n) is 5.76. The Balaban J connectivity index is 1.92. The topological polar surface area (TPSA) is 102 Å². The predicted octanol–water partition coefficient (Wildman–Crippen LogP) is 2.13. The van der Waals surface area contributed by atoms with Crippen LogP contribution in [0.2, 0.25) is 5.02 Å². The highest BCUT2D eigenvalue weighted by Gasteiger charge is 2.30.